The molecule has 0 bridgehead atoms. The third-order valence-corrected chi connectivity index (χ3v) is 2.36. The highest BCUT2D eigenvalue weighted by Crippen LogP contribution is 2.30. The summed E-state index contributed by atoms with van der Waals surface area (Å²) in [4.78, 5) is 10.1. The minimum atomic E-state index is -0.879. The highest BCUT2D eigenvalue weighted by Gasteiger charge is 2.30. The average Bonchev–Trinajstić information content (AvgIpc) is 1.94. The van der Waals surface area contributed by atoms with Crippen LogP contribution in [0.25, 0.3) is 0 Å². The maximum absolute atomic E-state index is 10.1. The molecular formula is C9H15NO2. The van der Waals surface area contributed by atoms with Gasteiger partial charge in [-0.1, -0.05) is 6.08 Å². The molecule has 0 aromatic heterocycles. The van der Waals surface area contributed by atoms with Gasteiger partial charge < -0.3 is 10.4 Å². The molecule has 0 aromatic rings. The fraction of sp³-hybridized carbons (Fsp3) is 0.667. The predicted octanol–water partition coefficient (Wildman–Crippen LogP) is 1.16. The van der Waals surface area contributed by atoms with Crippen LogP contribution < -0.4 is 5.32 Å². The zero-order valence-electron chi connectivity index (χ0n) is 7.34. The van der Waals surface area contributed by atoms with Gasteiger partial charge in [-0.25, -0.2) is 4.79 Å². The molecule has 1 aliphatic rings. The summed E-state index contributed by atoms with van der Waals surface area (Å²) < 4.78 is 0. The first kappa shape index (κ1) is 9.26. The number of aliphatic carboxylic acids is 1. The van der Waals surface area contributed by atoms with E-state index in [0.717, 1.165) is 0 Å². The van der Waals surface area contributed by atoms with Crippen LogP contribution in [-0.4, -0.2) is 23.2 Å². The maximum Gasteiger partial charge on any atom is 0.328 e. The Labute approximate surface area is 72.5 Å². The summed E-state index contributed by atoms with van der Waals surface area (Å²) in [5.41, 5.74) is 0.267. The Kier molecular flexibility index (Phi) is 2.87. The third-order valence-electron chi connectivity index (χ3n) is 2.36. The van der Waals surface area contributed by atoms with Crippen LogP contribution in [0, 0.1) is 0 Å². The lowest BCUT2D eigenvalue weighted by atomic mass is 9.78. The average molecular weight is 169 g/mol. The molecule has 12 heavy (non-hydrogen) atoms. The molecule has 68 valence electrons. The lowest BCUT2D eigenvalue weighted by molar-refractivity contribution is -0.131. The molecule has 0 atom stereocenters. The van der Waals surface area contributed by atoms with Gasteiger partial charge in [-0.2, -0.15) is 0 Å². The predicted molar refractivity (Wildman–Crippen MR) is 47.0 cm³/mol. The number of carboxylic acid groups (broad SMARTS) is 1. The molecule has 0 spiro atoms. The molecule has 0 amide bonds. The Hall–Kier alpha value is -0.830. The Bertz CT molecular complexity index is 195. The number of hydrogen-bond donors (Lipinski definition) is 2. The van der Waals surface area contributed by atoms with Gasteiger partial charge in [0.05, 0.1) is 0 Å². The van der Waals surface area contributed by atoms with Gasteiger partial charge >= 0.3 is 5.97 Å². The largest absolute Gasteiger partial charge is 0.478 e. The second kappa shape index (κ2) is 3.72. The number of rotatable bonds is 4. The maximum atomic E-state index is 10.1. The molecule has 1 saturated carbocycles. The Morgan fingerprint density at radius 1 is 1.67 bits per heavy atom. The van der Waals surface area contributed by atoms with E-state index in [1.165, 1.54) is 25.3 Å². The van der Waals surface area contributed by atoms with Crippen LogP contribution >= 0.6 is 0 Å². The smallest absolute Gasteiger partial charge is 0.328 e. The van der Waals surface area contributed by atoms with E-state index < -0.39 is 5.97 Å². The SMILES string of the molecule is CC1(NC/C=C/C(=O)O)CCC1. The van der Waals surface area contributed by atoms with Crippen LogP contribution in [0.1, 0.15) is 26.2 Å². The summed E-state index contributed by atoms with van der Waals surface area (Å²) in [6.45, 7) is 2.83. The third kappa shape index (κ3) is 2.66. The molecule has 0 aliphatic heterocycles. The van der Waals surface area contributed by atoms with E-state index >= 15 is 0 Å². The first-order valence-electron chi connectivity index (χ1n) is 4.27. The summed E-state index contributed by atoms with van der Waals surface area (Å²) in [6.07, 6.45) is 6.51. The molecule has 2 N–H and O–H groups in total. The van der Waals surface area contributed by atoms with E-state index in [1.54, 1.807) is 6.08 Å². The highest BCUT2D eigenvalue weighted by molar-refractivity contribution is 5.79. The van der Waals surface area contributed by atoms with Crippen molar-refractivity contribution in [2.75, 3.05) is 6.54 Å². The van der Waals surface area contributed by atoms with Crippen LogP contribution in [-0.2, 0) is 4.79 Å². The van der Waals surface area contributed by atoms with Crippen LogP contribution in [0.4, 0.5) is 0 Å². The molecule has 3 nitrogen and oxygen atoms in total. The van der Waals surface area contributed by atoms with Crippen LogP contribution in [0.15, 0.2) is 12.2 Å². The van der Waals surface area contributed by atoms with E-state index in [9.17, 15) is 4.79 Å². The Balaban J connectivity index is 2.13. The van der Waals surface area contributed by atoms with Crippen LogP contribution in [0.3, 0.4) is 0 Å². The highest BCUT2D eigenvalue weighted by atomic mass is 16.4. The van der Waals surface area contributed by atoms with E-state index in [0.29, 0.717) is 6.54 Å². The van der Waals surface area contributed by atoms with Crippen molar-refractivity contribution in [1.29, 1.82) is 0 Å². The molecule has 3 heteroatoms. The van der Waals surface area contributed by atoms with E-state index in [2.05, 4.69) is 12.2 Å². The van der Waals surface area contributed by atoms with Crippen molar-refractivity contribution in [3.63, 3.8) is 0 Å². The van der Waals surface area contributed by atoms with E-state index in [1.807, 2.05) is 0 Å². The second-order valence-electron chi connectivity index (χ2n) is 3.54. The Morgan fingerprint density at radius 3 is 2.75 bits per heavy atom. The van der Waals surface area contributed by atoms with Gasteiger partial charge in [-0.15, -0.1) is 0 Å². The first-order valence-corrected chi connectivity index (χ1v) is 4.27. The van der Waals surface area contributed by atoms with Crippen molar-refractivity contribution >= 4 is 5.97 Å². The molecule has 0 heterocycles. The summed E-state index contributed by atoms with van der Waals surface area (Å²) in [6, 6.07) is 0. The molecule has 0 radical (unpaired) electrons. The number of nitrogens with one attached hydrogen (secondary N) is 1. The standard InChI is InChI=1S/C9H15NO2/c1-9(5-3-6-9)10-7-2-4-8(11)12/h2,4,10H,3,5-7H2,1H3,(H,11,12)/b4-2+. The van der Waals surface area contributed by atoms with E-state index in [-0.39, 0.29) is 5.54 Å². The lowest BCUT2D eigenvalue weighted by Crippen LogP contribution is -2.48. The fourth-order valence-corrected chi connectivity index (χ4v) is 1.35. The second-order valence-corrected chi connectivity index (χ2v) is 3.54. The van der Waals surface area contributed by atoms with Crippen molar-refractivity contribution in [3.05, 3.63) is 12.2 Å². The van der Waals surface area contributed by atoms with Crippen molar-refractivity contribution in [2.45, 2.75) is 31.7 Å². The number of carboxylic acids is 1. The first-order chi connectivity index (χ1) is 5.62. The summed E-state index contributed by atoms with van der Waals surface area (Å²) in [7, 11) is 0. The summed E-state index contributed by atoms with van der Waals surface area (Å²) in [5, 5.41) is 11.6. The summed E-state index contributed by atoms with van der Waals surface area (Å²) >= 11 is 0. The van der Waals surface area contributed by atoms with Gasteiger partial charge in [0.1, 0.15) is 0 Å². The molecule has 1 rings (SSSR count). The molecule has 1 aliphatic carbocycles. The number of carbonyl (C=O) groups is 1. The topological polar surface area (TPSA) is 49.3 Å². The quantitative estimate of drug-likeness (QED) is 0.621. The molecule has 1 fully saturated rings. The van der Waals surface area contributed by atoms with Gasteiger partial charge in [0.25, 0.3) is 0 Å². The number of hydrogen-bond acceptors (Lipinski definition) is 2. The normalized spacial score (nSPS) is 20.8. The zero-order valence-corrected chi connectivity index (χ0v) is 7.34. The van der Waals surface area contributed by atoms with Gasteiger partial charge in [0.2, 0.25) is 0 Å². The van der Waals surface area contributed by atoms with Crippen LogP contribution in [0.5, 0.6) is 0 Å². The lowest BCUT2D eigenvalue weighted by Gasteiger charge is -2.39. The minimum absolute atomic E-state index is 0.267. The zero-order chi connectivity index (χ0) is 9.03. The Morgan fingerprint density at radius 2 is 2.33 bits per heavy atom. The van der Waals surface area contributed by atoms with E-state index in [4.69, 9.17) is 5.11 Å². The van der Waals surface area contributed by atoms with Crippen molar-refractivity contribution in [1.82, 2.24) is 5.32 Å². The van der Waals surface area contributed by atoms with Gasteiger partial charge in [0, 0.05) is 18.2 Å². The van der Waals surface area contributed by atoms with Crippen LogP contribution in [0.2, 0.25) is 0 Å². The molecular weight excluding hydrogens is 154 g/mol. The van der Waals surface area contributed by atoms with Gasteiger partial charge in [-0.3, -0.25) is 0 Å². The molecule has 0 aromatic carbocycles. The minimum Gasteiger partial charge on any atom is -0.478 e. The van der Waals surface area contributed by atoms with Crippen molar-refractivity contribution in [2.24, 2.45) is 0 Å². The van der Waals surface area contributed by atoms with Crippen molar-refractivity contribution < 1.29 is 9.90 Å². The van der Waals surface area contributed by atoms with Gasteiger partial charge in [-0.05, 0) is 26.2 Å². The van der Waals surface area contributed by atoms with Crippen molar-refractivity contribution in [3.8, 4) is 0 Å². The molecule has 0 saturated heterocycles. The monoisotopic (exact) mass is 169 g/mol. The fourth-order valence-electron chi connectivity index (χ4n) is 1.35. The van der Waals surface area contributed by atoms with Gasteiger partial charge in [0.15, 0.2) is 0 Å². The summed E-state index contributed by atoms with van der Waals surface area (Å²) in [5.74, 6) is -0.879. The molecule has 0 unspecified atom stereocenters.